The van der Waals surface area contributed by atoms with Crippen LogP contribution < -0.4 is 10.6 Å². The van der Waals surface area contributed by atoms with Gasteiger partial charge in [-0.1, -0.05) is 12.1 Å². The van der Waals surface area contributed by atoms with Gasteiger partial charge in [-0.2, -0.15) is 15.8 Å². The fourth-order valence-corrected chi connectivity index (χ4v) is 2.23. The number of thioether (sulfide) groups is 1. The molecular weight excluding hydrogens is 334 g/mol. The molecule has 0 spiro atoms. The van der Waals surface area contributed by atoms with Crippen LogP contribution in [0.1, 0.15) is 5.56 Å². The van der Waals surface area contributed by atoms with Gasteiger partial charge >= 0.3 is 0 Å². The van der Waals surface area contributed by atoms with Crippen molar-refractivity contribution >= 4 is 29.0 Å². The van der Waals surface area contributed by atoms with Crippen molar-refractivity contribution in [2.24, 2.45) is 0 Å². The van der Waals surface area contributed by atoms with Crippen molar-refractivity contribution in [3.8, 4) is 17.5 Å². The zero-order valence-electron chi connectivity index (χ0n) is 12.9. The molecule has 0 heterocycles. The Labute approximate surface area is 149 Å². The van der Waals surface area contributed by atoms with E-state index in [4.69, 9.17) is 15.8 Å². The van der Waals surface area contributed by atoms with E-state index in [1.807, 2.05) is 17.5 Å². The number of carbonyl (C=O) groups excluding carboxylic acids is 1. The third-order valence-electron chi connectivity index (χ3n) is 3.06. The molecule has 0 bridgehead atoms. The first-order valence-corrected chi connectivity index (χ1v) is 7.83. The number of carbonyl (C=O) groups is 1. The van der Waals surface area contributed by atoms with Gasteiger partial charge in [0.15, 0.2) is 0 Å². The first-order chi connectivity index (χ1) is 12.2. The van der Waals surface area contributed by atoms with Crippen molar-refractivity contribution < 1.29 is 4.79 Å². The smallest absolute Gasteiger partial charge is 0.267 e. The molecule has 0 aliphatic heterocycles. The Morgan fingerprint density at radius 3 is 2.40 bits per heavy atom. The monoisotopic (exact) mass is 345 g/mol. The van der Waals surface area contributed by atoms with E-state index < -0.39 is 5.91 Å². The number of hydrogen-bond donors (Lipinski definition) is 2. The van der Waals surface area contributed by atoms with Crippen molar-refractivity contribution in [1.82, 2.24) is 0 Å². The van der Waals surface area contributed by atoms with Crippen LogP contribution in [0.25, 0.3) is 0 Å². The molecule has 0 unspecified atom stereocenters. The van der Waals surface area contributed by atoms with Crippen LogP contribution in [-0.4, -0.2) is 5.91 Å². The molecule has 0 atom stereocenters. The predicted octanol–water partition coefficient (Wildman–Crippen LogP) is 3.59. The van der Waals surface area contributed by atoms with Crippen molar-refractivity contribution in [1.29, 1.82) is 15.8 Å². The Balaban J connectivity index is 2.09. The maximum atomic E-state index is 12.2. The number of nitrogens with zero attached hydrogens (tertiary/aromatic N) is 3. The van der Waals surface area contributed by atoms with Gasteiger partial charge in [-0.15, -0.1) is 0 Å². The van der Waals surface area contributed by atoms with E-state index in [1.165, 1.54) is 6.20 Å². The average molecular weight is 345 g/mol. The van der Waals surface area contributed by atoms with Gasteiger partial charge < -0.3 is 10.6 Å². The predicted molar refractivity (Wildman–Crippen MR) is 95.0 cm³/mol. The Morgan fingerprint density at radius 2 is 1.76 bits per heavy atom. The minimum atomic E-state index is -0.616. The quantitative estimate of drug-likeness (QED) is 0.370. The van der Waals surface area contributed by atoms with Crippen LogP contribution in [0.4, 0.5) is 11.4 Å². The van der Waals surface area contributed by atoms with E-state index in [0.717, 1.165) is 16.7 Å². The standard InChI is InChI=1S/C18H11N5OS/c19-9-13-3-1-2-4-17(13)23-18(24)14(10-20)11-22-15-5-7-16(8-6-15)25-12-21/h1-8,11,22H,(H,23,24)/b14-11-. The molecule has 2 aromatic carbocycles. The fraction of sp³-hybridized carbons (Fsp3) is 0. The molecule has 0 aliphatic rings. The Morgan fingerprint density at radius 1 is 1.04 bits per heavy atom. The molecule has 25 heavy (non-hydrogen) atoms. The lowest BCUT2D eigenvalue weighted by Gasteiger charge is -2.06. The number of amides is 1. The highest BCUT2D eigenvalue weighted by Crippen LogP contribution is 2.19. The lowest BCUT2D eigenvalue weighted by molar-refractivity contribution is -0.112. The zero-order chi connectivity index (χ0) is 18.1. The molecule has 120 valence electrons. The largest absolute Gasteiger partial charge is 0.360 e. The summed E-state index contributed by atoms with van der Waals surface area (Å²) in [4.78, 5) is 13.0. The van der Waals surface area contributed by atoms with E-state index >= 15 is 0 Å². The number of hydrogen-bond acceptors (Lipinski definition) is 6. The summed E-state index contributed by atoms with van der Waals surface area (Å²) < 4.78 is 0. The van der Waals surface area contributed by atoms with E-state index in [2.05, 4.69) is 10.6 Å². The topological polar surface area (TPSA) is 112 Å². The Bertz CT molecular complexity index is 930. The maximum absolute atomic E-state index is 12.2. The van der Waals surface area contributed by atoms with Gasteiger partial charge in [-0.25, -0.2) is 0 Å². The van der Waals surface area contributed by atoms with Crippen molar-refractivity contribution in [2.75, 3.05) is 10.6 Å². The summed E-state index contributed by atoms with van der Waals surface area (Å²) in [6.07, 6.45) is 1.29. The van der Waals surface area contributed by atoms with Gasteiger partial charge in [-0.3, -0.25) is 4.79 Å². The number of benzene rings is 2. The summed E-state index contributed by atoms with van der Waals surface area (Å²) in [6.45, 7) is 0. The molecule has 0 saturated carbocycles. The van der Waals surface area contributed by atoms with Crippen LogP contribution >= 0.6 is 11.8 Å². The first-order valence-electron chi connectivity index (χ1n) is 7.01. The summed E-state index contributed by atoms with van der Waals surface area (Å²) in [5, 5.41) is 34.2. The molecular formula is C18H11N5OS. The summed E-state index contributed by atoms with van der Waals surface area (Å²) in [6, 6.07) is 17.3. The fourth-order valence-electron chi connectivity index (χ4n) is 1.86. The van der Waals surface area contributed by atoms with Gasteiger partial charge in [-0.05, 0) is 48.2 Å². The number of anilines is 2. The molecule has 0 saturated heterocycles. The van der Waals surface area contributed by atoms with Crippen molar-refractivity contribution in [3.63, 3.8) is 0 Å². The molecule has 0 radical (unpaired) electrons. The molecule has 2 N–H and O–H groups in total. The second-order valence-electron chi connectivity index (χ2n) is 4.64. The Kier molecular flexibility index (Phi) is 6.19. The van der Waals surface area contributed by atoms with Crippen LogP contribution in [0.5, 0.6) is 0 Å². The van der Waals surface area contributed by atoms with E-state index in [0.29, 0.717) is 16.9 Å². The highest BCUT2D eigenvalue weighted by Gasteiger charge is 2.11. The number of rotatable bonds is 5. The van der Waals surface area contributed by atoms with Crippen molar-refractivity contribution in [3.05, 3.63) is 65.9 Å². The molecule has 0 aromatic heterocycles. The van der Waals surface area contributed by atoms with Gasteiger partial charge in [0.05, 0.1) is 11.3 Å². The lowest BCUT2D eigenvalue weighted by atomic mass is 10.2. The van der Waals surface area contributed by atoms with Crippen molar-refractivity contribution in [2.45, 2.75) is 4.90 Å². The third-order valence-corrected chi connectivity index (χ3v) is 3.66. The third kappa shape index (κ3) is 4.87. The normalized spacial score (nSPS) is 10.0. The molecule has 2 aromatic rings. The van der Waals surface area contributed by atoms with Gasteiger partial charge in [0.25, 0.3) is 5.91 Å². The first kappa shape index (κ1) is 17.6. The van der Waals surface area contributed by atoms with E-state index in [-0.39, 0.29) is 5.57 Å². The minimum Gasteiger partial charge on any atom is -0.360 e. The summed E-state index contributed by atoms with van der Waals surface area (Å²) >= 11 is 1.04. The number of para-hydroxylation sites is 1. The van der Waals surface area contributed by atoms with Gasteiger partial charge in [0, 0.05) is 16.8 Å². The Hall–Kier alpha value is -3.73. The molecule has 7 heteroatoms. The lowest BCUT2D eigenvalue weighted by Crippen LogP contribution is -2.15. The second kappa shape index (κ2) is 8.79. The van der Waals surface area contributed by atoms with Crippen LogP contribution in [0, 0.1) is 33.3 Å². The van der Waals surface area contributed by atoms with Crippen LogP contribution in [0.2, 0.25) is 0 Å². The number of nitrogens with one attached hydrogen (secondary N) is 2. The molecule has 2 rings (SSSR count). The minimum absolute atomic E-state index is 0.136. The van der Waals surface area contributed by atoms with E-state index in [9.17, 15) is 4.79 Å². The van der Waals surface area contributed by atoms with Gasteiger partial charge in [0.1, 0.15) is 23.1 Å². The molecule has 6 nitrogen and oxygen atoms in total. The summed E-state index contributed by atoms with van der Waals surface area (Å²) in [5.74, 6) is -0.616. The molecule has 0 fully saturated rings. The highest BCUT2D eigenvalue weighted by molar-refractivity contribution is 8.03. The second-order valence-corrected chi connectivity index (χ2v) is 5.50. The van der Waals surface area contributed by atoms with Crippen LogP contribution in [0.15, 0.2) is 65.2 Å². The summed E-state index contributed by atoms with van der Waals surface area (Å²) in [7, 11) is 0. The SMILES string of the molecule is N#CSc1ccc(N/C=C(/C#N)C(=O)Nc2ccccc2C#N)cc1. The van der Waals surface area contributed by atoms with E-state index in [1.54, 1.807) is 48.5 Å². The van der Waals surface area contributed by atoms with Crippen LogP contribution in [0.3, 0.4) is 0 Å². The van der Waals surface area contributed by atoms with Crippen LogP contribution in [-0.2, 0) is 4.79 Å². The summed E-state index contributed by atoms with van der Waals surface area (Å²) in [5.41, 5.74) is 1.18. The molecule has 0 aliphatic carbocycles. The average Bonchev–Trinajstić information content (AvgIpc) is 2.64. The van der Waals surface area contributed by atoms with Gasteiger partial charge in [0.2, 0.25) is 0 Å². The zero-order valence-corrected chi connectivity index (χ0v) is 13.7. The maximum Gasteiger partial charge on any atom is 0.267 e. The number of thiocyanates is 1. The number of nitriles is 3. The molecule has 1 amide bonds. The highest BCUT2D eigenvalue weighted by atomic mass is 32.2.